The van der Waals surface area contributed by atoms with Crippen molar-refractivity contribution >= 4 is 39.3 Å². The predicted octanol–water partition coefficient (Wildman–Crippen LogP) is 3.22. The molecular weight excluding hydrogens is 442 g/mol. The summed E-state index contributed by atoms with van der Waals surface area (Å²) in [5.74, 6) is 1.98. The largest absolute Gasteiger partial charge is 0.350 e. The third kappa shape index (κ3) is 4.53. The standard InChI is InChI=1S/C21H30ClN3O3S2/c22-19-6-5-17(30(27,28)25-9-3-4-10-25)15-18(19)20(26)23-16-21(7-1-2-8-21)24-11-13-29-14-12-24/h5-6,15H,1-4,7-14,16H2,(H,23,26). The molecule has 3 aliphatic rings. The number of amides is 1. The summed E-state index contributed by atoms with van der Waals surface area (Å²) in [7, 11) is -3.59. The molecule has 0 aromatic heterocycles. The van der Waals surface area contributed by atoms with Crippen LogP contribution in [0.15, 0.2) is 23.1 Å². The first-order valence-corrected chi connectivity index (χ1v) is 13.8. The van der Waals surface area contributed by atoms with Crippen LogP contribution in [0.5, 0.6) is 0 Å². The van der Waals surface area contributed by atoms with E-state index in [2.05, 4.69) is 10.2 Å². The zero-order valence-corrected chi connectivity index (χ0v) is 19.6. The van der Waals surface area contributed by atoms with Crippen molar-refractivity contribution in [1.29, 1.82) is 0 Å². The van der Waals surface area contributed by atoms with Gasteiger partial charge in [0, 0.05) is 49.8 Å². The number of nitrogens with one attached hydrogen (secondary N) is 1. The second-order valence-electron chi connectivity index (χ2n) is 8.47. The molecule has 1 aliphatic carbocycles. The average Bonchev–Trinajstić information content (AvgIpc) is 3.46. The Kier molecular flexibility index (Phi) is 6.99. The molecule has 2 saturated heterocycles. The van der Waals surface area contributed by atoms with Gasteiger partial charge in [-0.05, 0) is 43.9 Å². The quantitative estimate of drug-likeness (QED) is 0.689. The Labute approximate surface area is 188 Å². The molecular formula is C21H30ClN3O3S2. The molecule has 6 nitrogen and oxygen atoms in total. The van der Waals surface area contributed by atoms with Crippen molar-refractivity contribution in [2.75, 3.05) is 44.2 Å². The molecule has 0 spiro atoms. The number of thioether (sulfide) groups is 1. The van der Waals surface area contributed by atoms with Crippen molar-refractivity contribution in [2.24, 2.45) is 0 Å². The van der Waals surface area contributed by atoms with E-state index in [1.807, 2.05) is 11.8 Å². The van der Waals surface area contributed by atoms with Crippen molar-refractivity contribution < 1.29 is 13.2 Å². The number of nitrogens with zero attached hydrogens (tertiary/aromatic N) is 2. The summed E-state index contributed by atoms with van der Waals surface area (Å²) in [4.78, 5) is 15.7. The summed E-state index contributed by atoms with van der Waals surface area (Å²) in [6.45, 7) is 3.76. The number of carbonyl (C=O) groups is 1. The van der Waals surface area contributed by atoms with Gasteiger partial charge in [-0.3, -0.25) is 9.69 Å². The summed E-state index contributed by atoms with van der Waals surface area (Å²) in [6, 6.07) is 4.45. The Bertz CT molecular complexity index is 875. The number of sulfonamides is 1. The van der Waals surface area contributed by atoms with Crippen LogP contribution in [0.2, 0.25) is 5.02 Å². The zero-order valence-electron chi connectivity index (χ0n) is 17.2. The molecule has 1 aromatic carbocycles. The van der Waals surface area contributed by atoms with Crippen LogP contribution in [-0.4, -0.2) is 73.3 Å². The number of hydrogen-bond acceptors (Lipinski definition) is 5. The molecule has 1 saturated carbocycles. The van der Waals surface area contributed by atoms with Gasteiger partial charge in [0.1, 0.15) is 0 Å². The molecule has 1 amide bonds. The van der Waals surface area contributed by atoms with Gasteiger partial charge >= 0.3 is 0 Å². The van der Waals surface area contributed by atoms with Crippen LogP contribution in [0.25, 0.3) is 0 Å². The van der Waals surface area contributed by atoms with Gasteiger partial charge in [0.15, 0.2) is 0 Å². The highest BCUT2D eigenvalue weighted by atomic mass is 35.5. The minimum absolute atomic E-state index is 0.0162. The SMILES string of the molecule is O=C(NCC1(N2CCSCC2)CCCC1)c1cc(S(=O)(=O)N2CCCC2)ccc1Cl. The van der Waals surface area contributed by atoms with Crippen LogP contribution in [0.3, 0.4) is 0 Å². The fourth-order valence-electron chi connectivity index (χ4n) is 4.93. The zero-order chi connectivity index (χ0) is 21.2. The average molecular weight is 472 g/mol. The first kappa shape index (κ1) is 22.4. The van der Waals surface area contributed by atoms with Crippen molar-refractivity contribution in [3.05, 3.63) is 28.8 Å². The van der Waals surface area contributed by atoms with Crippen molar-refractivity contribution in [3.8, 4) is 0 Å². The highest BCUT2D eigenvalue weighted by molar-refractivity contribution is 7.99. The molecule has 0 atom stereocenters. The third-order valence-electron chi connectivity index (χ3n) is 6.68. The first-order chi connectivity index (χ1) is 14.4. The van der Waals surface area contributed by atoms with Crippen molar-refractivity contribution in [3.63, 3.8) is 0 Å². The van der Waals surface area contributed by atoms with E-state index in [9.17, 15) is 13.2 Å². The molecule has 0 radical (unpaired) electrons. The van der Waals surface area contributed by atoms with Gasteiger partial charge in [0.25, 0.3) is 5.91 Å². The molecule has 166 valence electrons. The van der Waals surface area contributed by atoms with Gasteiger partial charge in [-0.2, -0.15) is 16.1 Å². The normalized spacial score (nSPS) is 23.0. The fourth-order valence-corrected chi connectivity index (χ4v) is 7.58. The van der Waals surface area contributed by atoms with Crippen molar-refractivity contribution in [2.45, 2.75) is 49.0 Å². The molecule has 1 aromatic rings. The van der Waals surface area contributed by atoms with Crippen LogP contribution >= 0.6 is 23.4 Å². The molecule has 9 heteroatoms. The van der Waals surface area contributed by atoms with Crippen LogP contribution < -0.4 is 5.32 Å². The van der Waals surface area contributed by atoms with E-state index in [-0.39, 0.29) is 26.9 Å². The highest BCUT2D eigenvalue weighted by Crippen LogP contribution is 2.36. The van der Waals surface area contributed by atoms with Crippen LogP contribution in [0.1, 0.15) is 48.9 Å². The van der Waals surface area contributed by atoms with Gasteiger partial charge in [-0.15, -0.1) is 0 Å². The molecule has 1 N–H and O–H groups in total. The lowest BCUT2D eigenvalue weighted by Gasteiger charge is -2.43. The van der Waals surface area contributed by atoms with Gasteiger partial charge in [0.05, 0.1) is 15.5 Å². The second-order valence-corrected chi connectivity index (χ2v) is 12.0. The van der Waals surface area contributed by atoms with Crippen LogP contribution in [0, 0.1) is 0 Å². The van der Waals surface area contributed by atoms with Crippen LogP contribution in [-0.2, 0) is 10.0 Å². The monoisotopic (exact) mass is 471 g/mol. The maximum atomic E-state index is 13.0. The summed E-state index contributed by atoms with van der Waals surface area (Å²) >= 11 is 8.28. The minimum Gasteiger partial charge on any atom is -0.350 e. The van der Waals surface area contributed by atoms with Gasteiger partial charge in [-0.1, -0.05) is 24.4 Å². The molecule has 4 rings (SSSR count). The number of rotatable bonds is 6. The van der Waals surface area contributed by atoms with E-state index in [1.165, 1.54) is 35.3 Å². The van der Waals surface area contributed by atoms with Gasteiger partial charge < -0.3 is 5.32 Å². The van der Waals surface area contributed by atoms with E-state index in [0.717, 1.165) is 50.3 Å². The predicted molar refractivity (Wildman–Crippen MR) is 122 cm³/mol. The Morgan fingerprint density at radius 2 is 1.73 bits per heavy atom. The van der Waals surface area contributed by atoms with E-state index in [4.69, 9.17) is 11.6 Å². The smallest absolute Gasteiger partial charge is 0.252 e. The van der Waals surface area contributed by atoms with Gasteiger partial charge in [0.2, 0.25) is 10.0 Å². The van der Waals surface area contributed by atoms with E-state index < -0.39 is 10.0 Å². The summed E-state index contributed by atoms with van der Waals surface area (Å²) < 4.78 is 27.3. The Hall–Kier alpha value is -0.800. The lowest BCUT2D eigenvalue weighted by atomic mass is 9.94. The van der Waals surface area contributed by atoms with Gasteiger partial charge in [-0.25, -0.2) is 8.42 Å². The van der Waals surface area contributed by atoms with E-state index in [0.29, 0.717) is 19.6 Å². The molecule has 0 unspecified atom stereocenters. The number of benzene rings is 1. The maximum absolute atomic E-state index is 13.0. The van der Waals surface area contributed by atoms with Crippen LogP contribution in [0.4, 0.5) is 0 Å². The first-order valence-electron chi connectivity index (χ1n) is 10.8. The lowest BCUT2D eigenvalue weighted by Crippen LogP contribution is -2.56. The molecule has 3 fully saturated rings. The molecule has 30 heavy (non-hydrogen) atoms. The van der Waals surface area contributed by atoms with E-state index >= 15 is 0 Å². The summed E-state index contributed by atoms with van der Waals surface area (Å²) in [6.07, 6.45) is 6.30. The third-order valence-corrected chi connectivity index (χ3v) is 9.85. The molecule has 2 heterocycles. The maximum Gasteiger partial charge on any atom is 0.252 e. The number of hydrogen-bond donors (Lipinski definition) is 1. The number of halogens is 1. The Morgan fingerprint density at radius 3 is 2.40 bits per heavy atom. The summed E-state index contributed by atoms with van der Waals surface area (Å²) in [5.41, 5.74) is 0.252. The minimum atomic E-state index is -3.59. The summed E-state index contributed by atoms with van der Waals surface area (Å²) in [5, 5.41) is 3.37. The lowest BCUT2D eigenvalue weighted by molar-refractivity contribution is 0.0817. The Morgan fingerprint density at radius 1 is 1.07 bits per heavy atom. The highest BCUT2D eigenvalue weighted by Gasteiger charge is 2.40. The van der Waals surface area contributed by atoms with Crippen molar-refractivity contribution in [1.82, 2.24) is 14.5 Å². The molecule has 0 bridgehead atoms. The van der Waals surface area contributed by atoms with E-state index in [1.54, 1.807) is 0 Å². The Balaban J connectivity index is 1.50. The topological polar surface area (TPSA) is 69.7 Å². The number of carbonyl (C=O) groups excluding carboxylic acids is 1. The fraction of sp³-hybridized carbons (Fsp3) is 0.667. The second kappa shape index (κ2) is 9.36. The molecule has 2 aliphatic heterocycles.